The third-order valence-corrected chi connectivity index (χ3v) is 2.06. The Kier molecular flexibility index (Phi) is 3.99. The molecule has 0 unspecified atom stereocenters. The number of nitrogens with two attached hydrogens (primary N) is 1. The summed E-state index contributed by atoms with van der Waals surface area (Å²) in [6, 6.07) is 3.15. The fraction of sp³-hybridized carbons (Fsp3) is 0.364. The Balaban J connectivity index is 3.25. The Labute approximate surface area is 94.1 Å². The van der Waals surface area contributed by atoms with E-state index in [1.165, 1.54) is 20.3 Å². The summed E-state index contributed by atoms with van der Waals surface area (Å²) in [6.45, 7) is 2.29. The van der Waals surface area contributed by atoms with Crippen LogP contribution in [0.15, 0.2) is 12.1 Å². The number of anilines is 1. The fourth-order valence-corrected chi connectivity index (χ4v) is 1.27. The molecule has 88 valence electrons. The molecule has 0 aliphatic heterocycles. The summed E-state index contributed by atoms with van der Waals surface area (Å²) in [5.41, 5.74) is 6.29. The van der Waals surface area contributed by atoms with Gasteiger partial charge in [-0.1, -0.05) is 0 Å². The lowest BCUT2D eigenvalue weighted by Gasteiger charge is -2.12. The van der Waals surface area contributed by atoms with Gasteiger partial charge in [-0.25, -0.2) is 4.79 Å². The van der Waals surface area contributed by atoms with Gasteiger partial charge in [0, 0.05) is 6.07 Å². The summed E-state index contributed by atoms with van der Waals surface area (Å²) in [5, 5.41) is 0. The number of hydrogen-bond acceptors (Lipinski definition) is 5. The second-order valence-electron chi connectivity index (χ2n) is 3.01. The van der Waals surface area contributed by atoms with Gasteiger partial charge in [0.2, 0.25) is 0 Å². The molecule has 0 fully saturated rings. The second-order valence-corrected chi connectivity index (χ2v) is 3.01. The van der Waals surface area contributed by atoms with E-state index in [1.807, 2.05) is 6.92 Å². The van der Waals surface area contributed by atoms with Gasteiger partial charge in [-0.2, -0.15) is 0 Å². The molecule has 1 rings (SSSR count). The van der Waals surface area contributed by atoms with Crippen LogP contribution in [0.1, 0.15) is 17.3 Å². The van der Waals surface area contributed by atoms with Gasteiger partial charge < -0.3 is 19.9 Å². The molecular weight excluding hydrogens is 210 g/mol. The second kappa shape index (κ2) is 5.25. The van der Waals surface area contributed by atoms with Gasteiger partial charge in [-0.3, -0.25) is 0 Å². The zero-order valence-corrected chi connectivity index (χ0v) is 9.57. The third kappa shape index (κ3) is 2.36. The number of nitrogen functional groups attached to an aromatic ring is 1. The van der Waals surface area contributed by atoms with Gasteiger partial charge in [-0.05, 0) is 13.0 Å². The molecule has 2 N–H and O–H groups in total. The number of carbonyl (C=O) groups is 1. The lowest BCUT2D eigenvalue weighted by Crippen LogP contribution is -2.08. The number of methoxy groups -OCH3 is 2. The SMILES string of the molecule is CCOc1cc(OC)cc(C(=O)OC)c1N. The van der Waals surface area contributed by atoms with Crippen molar-refractivity contribution in [2.75, 3.05) is 26.6 Å². The molecule has 0 bridgehead atoms. The highest BCUT2D eigenvalue weighted by Gasteiger charge is 2.16. The summed E-state index contributed by atoms with van der Waals surface area (Å²) < 4.78 is 15.0. The van der Waals surface area contributed by atoms with Crippen LogP contribution in [0.2, 0.25) is 0 Å². The van der Waals surface area contributed by atoms with Crippen molar-refractivity contribution in [3.05, 3.63) is 17.7 Å². The summed E-state index contributed by atoms with van der Waals surface area (Å²) in [5.74, 6) is 0.401. The largest absolute Gasteiger partial charge is 0.497 e. The van der Waals surface area contributed by atoms with Crippen molar-refractivity contribution in [1.82, 2.24) is 0 Å². The molecule has 0 aromatic heterocycles. The molecule has 0 aliphatic rings. The van der Waals surface area contributed by atoms with Crippen LogP contribution >= 0.6 is 0 Å². The van der Waals surface area contributed by atoms with Crippen molar-refractivity contribution >= 4 is 11.7 Å². The van der Waals surface area contributed by atoms with Crippen LogP contribution in [0.25, 0.3) is 0 Å². The maximum absolute atomic E-state index is 11.4. The van der Waals surface area contributed by atoms with E-state index in [1.54, 1.807) is 6.07 Å². The molecule has 5 heteroatoms. The predicted octanol–water partition coefficient (Wildman–Crippen LogP) is 1.46. The number of rotatable bonds is 4. The van der Waals surface area contributed by atoms with E-state index >= 15 is 0 Å². The lowest BCUT2D eigenvalue weighted by atomic mass is 10.1. The monoisotopic (exact) mass is 225 g/mol. The van der Waals surface area contributed by atoms with Crippen molar-refractivity contribution in [2.24, 2.45) is 0 Å². The molecule has 0 heterocycles. The van der Waals surface area contributed by atoms with Gasteiger partial charge in [0.15, 0.2) is 0 Å². The highest BCUT2D eigenvalue weighted by molar-refractivity contribution is 5.97. The van der Waals surface area contributed by atoms with Crippen LogP contribution in [0.4, 0.5) is 5.69 Å². The average Bonchev–Trinajstić information content (AvgIpc) is 2.31. The van der Waals surface area contributed by atoms with E-state index in [9.17, 15) is 4.79 Å². The molecule has 1 aromatic carbocycles. The average molecular weight is 225 g/mol. The highest BCUT2D eigenvalue weighted by atomic mass is 16.5. The number of hydrogen-bond donors (Lipinski definition) is 1. The first-order valence-corrected chi connectivity index (χ1v) is 4.82. The molecular formula is C11H15NO4. The number of ether oxygens (including phenoxy) is 3. The fourth-order valence-electron chi connectivity index (χ4n) is 1.27. The Morgan fingerprint density at radius 2 is 2.06 bits per heavy atom. The molecule has 0 atom stereocenters. The minimum absolute atomic E-state index is 0.241. The first-order chi connectivity index (χ1) is 7.63. The summed E-state index contributed by atoms with van der Waals surface area (Å²) in [6.07, 6.45) is 0. The van der Waals surface area contributed by atoms with Gasteiger partial charge >= 0.3 is 5.97 Å². The van der Waals surface area contributed by atoms with Crippen molar-refractivity contribution in [3.8, 4) is 11.5 Å². The highest BCUT2D eigenvalue weighted by Crippen LogP contribution is 2.31. The molecule has 0 saturated heterocycles. The Bertz CT molecular complexity index is 390. The predicted molar refractivity (Wildman–Crippen MR) is 59.9 cm³/mol. The van der Waals surface area contributed by atoms with Crippen LogP contribution in [0, 0.1) is 0 Å². The molecule has 0 aliphatic carbocycles. The Morgan fingerprint density at radius 3 is 2.56 bits per heavy atom. The molecule has 5 nitrogen and oxygen atoms in total. The van der Waals surface area contributed by atoms with Gasteiger partial charge in [-0.15, -0.1) is 0 Å². The van der Waals surface area contributed by atoms with Crippen molar-refractivity contribution in [2.45, 2.75) is 6.92 Å². The van der Waals surface area contributed by atoms with E-state index in [-0.39, 0.29) is 11.3 Å². The van der Waals surface area contributed by atoms with E-state index in [0.717, 1.165) is 0 Å². The maximum Gasteiger partial charge on any atom is 0.340 e. The number of carbonyl (C=O) groups excluding carboxylic acids is 1. The van der Waals surface area contributed by atoms with Crippen molar-refractivity contribution in [1.29, 1.82) is 0 Å². The number of esters is 1. The van der Waals surface area contributed by atoms with Crippen LogP contribution in [0.3, 0.4) is 0 Å². The van der Waals surface area contributed by atoms with Crippen LogP contribution in [-0.2, 0) is 4.74 Å². The van der Waals surface area contributed by atoms with Gasteiger partial charge in [0.05, 0.1) is 32.1 Å². The van der Waals surface area contributed by atoms with E-state index in [2.05, 4.69) is 4.74 Å². The quantitative estimate of drug-likeness (QED) is 0.620. The Hall–Kier alpha value is -1.91. The lowest BCUT2D eigenvalue weighted by molar-refractivity contribution is 0.0601. The molecule has 16 heavy (non-hydrogen) atoms. The molecule has 0 radical (unpaired) electrons. The van der Waals surface area contributed by atoms with Gasteiger partial charge in [0.25, 0.3) is 0 Å². The minimum Gasteiger partial charge on any atom is -0.497 e. The summed E-state index contributed by atoms with van der Waals surface area (Å²) in [7, 11) is 2.80. The zero-order valence-electron chi connectivity index (χ0n) is 9.57. The Morgan fingerprint density at radius 1 is 1.38 bits per heavy atom. The van der Waals surface area contributed by atoms with E-state index in [0.29, 0.717) is 18.1 Å². The van der Waals surface area contributed by atoms with Crippen molar-refractivity contribution in [3.63, 3.8) is 0 Å². The zero-order chi connectivity index (χ0) is 12.1. The topological polar surface area (TPSA) is 70.8 Å². The van der Waals surface area contributed by atoms with E-state index < -0.39 is 5.97 Å². The maximum atomic E-state index is 11.4. The molecule has 0 spiro atoms. The normalized spacial score (nSPS) is 9.69. The standard InChI is InChI=1S/C11H15NO4/c1-4-16-9-6-7(14-2)5-8(10(9)12)11(13)15-3/h5-6H,4,12H2,1-3H3. The third-order valence-electron chi connectivity index (χ3n) is 2.06. The van der Waals surface area contributed by atoms with Crippen LogP contribution in [0.5, 0.6) is 11.5 Å². The summed E-state index contributed by atoms with van der Waals surface area (Å²) in [4.78, 5) is 11.4. The number of benzene rings is 1. The summed E-state index contributed by atoms with van der Waals surface area (Å²) >= 11 is 0. The molecule has 0 saturated carbocycles. The smallest absolute Gasteiger partial charge is 0.340 e. The van der Waals surface area contributed by atoms with Gasteiger partial charge in [0.1, 0.15) is 11.5 Å². The van der Waals surface area contributed by atoms with E-state index in [4.69, 9.17) is 15.2 Å². The molecule has 1 aromatic rings. The van der Waals surface area contributed by atoms with Crippen molar-refractivity contribution < 1.29 is 19.0 Å². The first kappa shape index (κ1) is 12.2. The minimum atomic E-state index is -0.516. The van der Waals surface area contributed by atoms with Crippen LogP contribution in [-0.4, -0.2) is 26.8 Å². The molecule has 0 amide bonds. The van der Waals surface area contributed by atoms with Crippen LogP contribution < -0.4 is 15.2 Å². The first-order valence-electron chi connectivity index (χ1n) is 4.82.